The molecule has 0 saturated heterocycles. The number of nitrogens with two attached hydrogens (primary N) is 2. The zero-order valence-electron chi connectivity index (χ0n) is 14.0. The summed E-state index contributed by atoms with van der Waals surface area (Å²) < 4.78 is 16.1. The summed E-state index contributed by atoms with van der Waals surface area (Å²) >= 11 is 0. The van der Waals surface area contributed by atoms with Crippen molar-refractivity contribution in [1.29, 1.82) is 0 Å². The normalized spacial score (nSPS) is 11.6. The molecule has 6 nitrogen and oxygen atoms in total. The van der Waals surface area contributed by atoms with Gasteiger partial charge in [-0.2, -0.15) is 0 Å². The minimum atomic E-state index is -0.712. The van der Waals surface area contributed by atoms with Crippen molar-refractivity contribution < 1.29 is 19.0 Å². The van der Waals surface area contributed by atoms with Crippen molar-refractivity contribution in [1.82, 2.24) is 0 Å². The lowest BCUT2D eigenvalue weighted by molar-refractivity contribution is -0.143. The first-order chi connectivity index (χ1) is 11.5. The molecule has 0 aliphatic rings. The molecular formula is C18H22N2O4. The number of methoxy groups -OCH3 is 2. The highest BCUT2D eigenvalue weighted by atomic mass is 16.5. The zero-order chi connectivity index (χ0) is 17.7. The van der Waals surface area contributed by atoms with Crippen LogP contribution < -0.4 is 20.9 Å². The third-order valence-electron chi connectivity index (χ3n) is 3.65. The van der Waals surface area contributed by atoms with E-state index >= 15 is 0 Å². The molecule has 0 aromatic heterocycles. The lowest BCUT2D eigenvalue weighted by Crippen LogP contribution is -2.19. The fourth-order valence-corrected chi connectivity index (χ4v) is 2.58. The van der Waals surface area contributed by atoms with Crippen LogP contribution in [0, 0.1) is 0 Å². The molecule has 0 spiro atoms. The second-order valence-corrected chi connectivity index (χ2v) is 5.19. The number of hydrogen-bond acceptors (Lipinski definition) is 6. The van der Waals surface area contributed by atoms with E-state index in [2.05, 4.69) is 0 Å². The van der Waals surface area contributed by atoms with Gasteiger partial charge in [0.05, 0.1) is 26.4 Å². The molecule has 0 fully saturated rings. The van der Waals surface area contributed by atoms with Crippen molar-refractivity contribution in [2.45, 2.75) is 12.8 Å². The zero-order valence-corrected chi connectivity index (χ0v) is 14.0. The Morgan fingerprint density at radius 2 is 1.54 bits per heavy atom. The van der Waals surface area contributed by atoms with Crippen LogP contribution in [0.4, 0.5) is 11.4 Å². The van der Waals surface area contributed by atoms with E-state index in [0.717, 1.165) is 5.56 Å². The van der Waals surface area contributed by atoms with Gasteiger partial charge in [-0.15, -0.1) is 0 Å². The van der Waals surface area contributed by atoms with Gasteiger partial charge < -0.3 is 25.7 Å². The quantitative estimate of drug-likeness (QED) is 0.624. The van der Waals surface area contributed by atoms with Gasteiger partial charge in [0, 0.05) is 23.5 Å². The van der Waals surface area contributed by atoms with Crippen molar-refractivity contribution >= 4 is 17.3 Å². The summed E-state index contributed by atoms with van der Waals surface area (Å²) in [6.07, 6.45) is 0. The highest BCUT2D eigenvalue weighted by Gasteiger charge is 2.31. The summed E-state index contributed by atoms with van der Waals surface area (Å²) in [4.78, 5) is 12.7. The lowest BCUT2D eigenvalue weighted by Gasteiger charge is -2.22. The Balaban J connectivity index is 2.67. The largest absolute Gasteiger partial charge is 0.496 e. The Labute approximate surface area is 141 Å². The summed E-state index contributed by atoms with van der Waals surface area (Å²) in [6.45, 7) is 2.03. The standard InChI is InChI=1S/C18H22N2O4/c1-4-24-18(21)16(11-5-7-12(19)8-6-11)17-14(22-2)9-13(20)10-15(17)23-3/h5-10,16H,4,19-20H2,1-3H3. The van der Waals surface area contributed by atoms with E-state index in [1.165, 1.54) is 14.2 Å². The monoisotopic (exact) mass is 330 g/mol. The summed E-state index contributed by atoms with van der Waals surface area (Å²) in [6, 6.07) is 10.3. The molecule has 0 heterocycles. The van der Waals surface area contributed by atoms with Gasteiger partial charge in [0.2, 0.25) is 0 Å². The molecule has 0 saturated carbocycles. The van der Waals surface area contributed by atoms with Gasteiger partial charge in [0.1, 0.15) is 17.4 Å². The smallest absolute Gasteiger partial charge is 0.318 e. The number of rotatable bonds is 6. The minimum Gasteiger partial charge on any atom is -0.496 e. The number of carbonyl (C=O) groups excluding carboxylic acids is 1. The summed E-state index contributed by atoms with van der Waals surface area (Å²) in [5.41, 5.74) is 14.0. The fraction of sp³-hybridized carbons (Fsp3) is 0.278. The van der Waals surface area contributed by atoms with Crippen LogP contribution in [0.3, 0.4) is 0 Å². The number of benzene rings is 2. The van der Waals surface area contributed by atoms with Crippen LogP contribution in [0.25, 0.3) is 0 Å². The first-order valence-corrected chi connectivity index (χ1v) is 7.55. The van der Waals surface area contributed by atoms with E-state index in [1.54, 1.807) is 43.3 Å². The van der Waals surface area contributed by atoms with Crippen LogP contribution in [-0.2, 0) is 9.53 Å². The van der Waals surface area contributed by atoms with E-state index < -0.39 is 11.9 Å². The van der Waals surface area contributed by atoms with Gasteiger partial charge in [0.25, 0.3) is 0 Å². The topological polar surface area (TPSA) is 96.8 Å². The van der Waals surface area contributed by atoms with E-state index in [9.17, 15) is 4.79 Å². The lowest BCUT2D eigenvalue weighted by atomic mass is 9.89. The number of esters is 1. The predicted molar refractivity (Wildman–Crippen MR) is 93.3 cm³/mol. The molecular weight excluding hydrogens is 308 g/mol. The van der Waals surface area contributed by atoms with Crippen LogP contribution in [0.1, 0.15) is 24.0 Å². The van der Waals surface area contributed by atoms with Gasteiger partial charge in [0.15, 0.2) is 0 Å². The number of anilines is 2. The molecule has 4 N–H and O–H groups in total. The molecule has 0 aliphatic heterocycles. The van der Waals surface area contributed by atoms with Crippen LogP contribution in [0.15, 0.2) is 36.4 Å². The van der Waals surface area contributed by atoms with Crippen LogP contribution in [0.2, 0.25) is 0 Å². The molecule has 0 bridgehead atoms. The number of carbonyl (C=O) groups is 1. The van der Waals surface area contributed by atoms with Crippen LogP contribution in [0.5, 0.6) is 11.5 Å². The fourth-order valence-electron chi connectivity index (χ4n) is 2.58. The number of ether oxygens (including phenoxy) is 3. The van der Waals surface area contributed by atoms with Crippen molar-refractivity contribution in [3.63, 3.8) is 0 Å². The van der Waals surface area contributed by atoms with Crippen LogP contribution >= 0.6 is 0 Å². The van der Waals surface area contributed by atoms with Crippen molar-refractivity contribution in [2.24, 2.45) is 0 Å². The van der Waals surface area contributed by atoms with Gasteiger partial charge in [-0.25, -0.2) is 0 Å². The van der Waals surface area contributed by atoms with Gasteiger partial charge in [-0.3, -0.25) is 4.79 Å². The van der Waals surface area contributed by atoms with Crippen molar-refractivity contribution in [3.05, 3.63) is 47.5 Å². The van der Waals surface area contributed by atoms with E-state index in [4.69, 9.17) is 25.7 Å². The number of hydrogen-bond donors (Lipinski definition) is 2. The SMILES string of the molecule is CCOC(=O)C(c1ccc(N)cc1)c1c(OC)cc(N)cc1OC. The molecule has 0 aliphatic carbocycles. The maximum Gasteiger partial charge on any atom is 0.318 e. The molecule has 1 atom stereocenters. The Bertz CT molecular complexity index is 688. The molecule has 2 aromatic carbocycles. The second-order valence-electron chi connectivity index (χ2n) is 5.19. The highest BCUT2D eigenvalue weighted by molar-refractivity contribution is 5.85. The van der Waals surface area contributed by atoms with E-state index in [0.29, 0.717) is 28.4 Å². The summed E-state index contributed by atoms with van der Waals surface area (Å²) in [5.74, 6) is -0.192. The molecule has 2 aromatic rings. The predicted octanol–water partition coefficient (Wildman–Crippen LogP) is 2.56. The van der Waals surface area contributed by atoms with Crippen molar-refractivity contribution in [2.75, 3.05) is 32.3 Å². The summed E-state index contributed by atoms with van der Waals surface area (Å²) in [5, 5.41) is 0. The number of nitrogen functional groups attached to an aromatic ring is 2. The minimum absolute atomic E-state index is 0.268. The van der Waals surface area contributed by atoms with E-state index in [1.807, 2.05) is 0 Å². The molecule has 0 amide bonds. The third kappa shape index (κ3) is 3.53. The Morgan fingerprint density at radius 3 is 2.00 bits per heavy atom. The first-order valence-electron chi connectivity index (χ1n) is 7.55. The maximum atomic E-state index is 12.7. The van der Waals surface area contributed by atoms with Gasteiger partial charge in [-0.05, 0) is 24.6 Å². The van der Waals surface area contributed by atoms with Crippen LogP contribution in [-0.4, -0.2) is 26.8 Å². The Morgan fingerprint density at radius 1 is 1.00 bits per heavy atom. The highest BCUT2D eigenvalue weighted by Crippen LogP contribution is 2.41. The maximum absolute atomic E-state index is 12.7. The van der Waals surface area contributed by atoms with E-state index in [-0.39, 0.29) is 6.61 Å². The average Bonchev–Trinajstić information content (AvgIpc) is 2.57. The average molecular weight is 330 g/mol. The van der Waals surface area contributed by atoms with Crippen molar-refractivity contribution in [3.8, 4) is 11.5 Å². The Hall–Kier alpha value is -2.89. The first kappa shape index (κ1) is 17.5. The molecule has 6 heteroatoms. The molecule has 24 heavy (non-hydrogen) atoms. The summed E-state index contributed by atoms with van der Waals surface area (Å²) in [7, 11) is 3.03. The molecule has 1 unspecified atom stereocenters. The molecule has 0 radical (unpaired) electrons. The second kappa shape index (κ2) is 7.59. The van der Waals surface area contributed by atoms with Gasteiger partial charge in [-0.1, -0.05) is 12.1 Å². The molecule has 128 valence electrons. The third-order valence-corrected chi connectivity index (χ3v) is 3.65. The van der Waals surface area contributed by atoms with Gasteiger partial charge >= 0.3 is 5.97 Å². The Kier molecular flexibility index (Phi) is 5.52. The molecule has 2 rings (SSSR count).